The van der Waals surface area contributed by atoms with Crippen LogP contribution in [0.3, 0.4) is 0 Å². The van der Waals surface area contributed by atoms with Gasteiger partial charge in [-0.3, -0.25) is 9.59 Å². The van der Waals surface area contributed by atoms with Gasteiger partial charge in [-0.15, -0.1) is 0 Å². The van der Waals surface area contributed by atoms with E-state index in [0.29, 0.717) is 12.8 Å². The maximum atomic E-state index is 11.8. The number of carbonyl (C=O) groups is 2. The number of unbranched alkanes of at least 4 members (excludes halogenated alkanes) is 10. The largest absolute Gasteiger partial charge is 0.469 e. The predicted molar refractivity (Wildman–Crippen MR) is 95.3 cm³/mol. The van der Waals surface area contributed by atoms with Crippen molar-refractivity contribution in [2.75, 3.05) is 7.11 Å². The van der Waals surface area contributed by atoms with Crippen LogP contribution in [0.2, 0.25) is 0 Å². The van der Waals surface area contributed by atoms with E-state index in [2.05, 4.69) is 11.7 Å². The fourth-order valence-electron chi connectivity index (χ4n) is 2.69. The molecular formula is C19H37NO3. The molecule has 0 fully saturated rings. The SMILES string of the molecule is CCCCCCCCCCCCCC(=O)C(N)CCC(=O)OC. The first kappa shape index (κ1) is 22.1. The maximum Gasteiger partial charge on any atom is 0.305 e. The van der Waals surface area contributed by atoms with Crippen molar-refractivity contribution in [2.24, 2.45) is 5.73 Å². The summed E-state index contributed by atoms with van der Waals surface area (Å²) in [5.41, 5.74) is 5.79. The van der Waals surface area contributed by atoms with Crippen molar-refractivity contribution in [3.63, 3.8) is 0 Å². The Hall–Kier alpha value is -0.900. The van der Waals surface area contributed by atoms with Crippen molar-refractivity contribution in [1.82, 2.24) is 0 Å². The molecule has 0 bridgehead atoms. The van der Waals surface area contributed by atoms with Crippen molar-refractivity contribution in [3.05, 3.63) is 0 Å². The average molecular weight is 328 g/mol. The van der Waals surface area contributed by atoms with Gasteiger partial charge in [0.1, 0.15) is 5.78 Å². The molecule has 0 aromatic carbocycles. The molecule has 136 valence electrons. The summed E-state index contributed by atoms with van der Waals surface area (Å²) < 4.78 is 4.55. The number of Topliss-reactive ketones (excluding diaryl/α,β-unsaturated/α-hetero) is 1. The molecule has 0 spiro atoms. The number of ether oxygens (including phenoxy) is 1. The first-order valence-corrected chi connectivity index (χ1v) is 9.47. The van der Waals surface area contributed by atoms with E-state index in [9.17, 15) is 9.59 Å². The summed E-state index contributed by atoms with van der Waals surface area (Å²) in [6, 6.07) is -0.516. The number of nitrogens with two attached hydrogens (primary N) is 1. The number of hydrogen-bond acceptors (Lipinski definition) is 4. The molecule has 0 amide bonds. The lowest BCUT2D eigenvalue weighted by atomic mass is 10.0. The highest BCUT2D eigenvalue weighted by molar-refractivity contribution is 5.84. The summed E-state index contributed by atoms with van der Waals surface area (Å²) in [7, 11) is 1.35. The Kier molecular flexibility index (Phi) is 15.4. The molecule has 1 atom stereocenters. The molecule has 4 heteroatoms. The Morgan fingerprint density at radius 2 is 1.30 bits per heavy atom. The molecule has 23 heavy (non-hydrogen) atoms. The Balaban J connectivity index is 3.36. The van der Waals surface area contributed by atoms with Crippen LogP contribution >= 0.6 is 0 Å². The van der Waals surface area contributed by atoms with Crippen LogP contribution < -0.4 is 5.73 Å². The van der Waals surface area contributed by atoms with E-state index < -0.39 is 6.04 Å². The van der Waals surface area contributed by atoms with Gasteiger partial charge in [0.15, 0.2) is 0 Å². The molecule has 0 saturated heterocycles. The highest BCUT2D eigenvalue weighted by atomic mass is 16.5. The maximum absolute atomic E-state index is 11.8. The van der Waals surface area contributed by atoms with Crippen molar-refractivity contribution >= 4 is 11.8 Å². The Labute approximate surface area is 142 Å². The summed E-state index contributed by atoms with van der Waals surface area (Å²) in [6.07, 6.45) is 15.1. The minimum Gasteiger partial charge on any atom is -0.469 e. The van der Waals surface area contributed by atoms with Gasteiger partial charge < -0.3 is 10.5 Å². The second-order valence-corrected chi connectivity index (χ2v) is 6.47. The summed E-state index contributed by atoms with van der Waals surface area (Å²) in [6.45, 7) is 2.25. The zero-order chi connectivity index (χ0) is 17.3. The molecule has 0 aliphatic carbocycles. The van der Waals surface area contributed by atoms with E-state index in [4.69, 9.17) is 5.73 Å². The first-order chi connectivity index (χ1) is 11.1. The highest BCUT2D eigenvalue weighted by Crippen LogP contribution is 2.12. The highest BCUT2D eigenvalue weighted by Gasteiger charge is 2.14. The second kappa shape index (κ2) is 16.0. The minimum atomic E-state index is -0.516. The van der Waals surface area contributed by atoms with Gasteiger partial charge in [-0.25, -0.2) is 0 Å². The third-order valence-corrected chi connectivity index (χ3v) is 4.33. The molecule has 1 unspecified atom stereocenters. The van der Waals surface area contributed by atoms with Crippen LogP contribution in [0, 0.1) is 0 Å². The summed E-state index contributed by atoms with van der Waals surface area (Å²) in [4.78, 5) is 22.8. The normalized spacial score (nSPS) is 12.1. The smallest absolute Gasteiger partial charge is 0.305 e. The molecule has 2 N–H and O–H groups in total. The fraction of sp³-hybridized carbons (Fsp3) is 0.895. The monoisotopic (exact) mass is 327 g/mol. The number of rotatable bonds is 16. The molecular weight excluding hydrogens is 290 g/mol. The molecule has 0 rings (SSSR count). The standard InChI is InChI=1S/C19H37NO3/c1-3-4-5-6-7-8-9-10-11-12-13-14-18(21)17(20)15-16-19(22)23-2/h17H,3-16,20H2,1-2H3. The van der Waals surface area contributed by atoms with Crippen LogP contribution in [0.4, 0.5) is 0 Å². The van der Waals surface area contributed by atoms with Crippen LogP contribution in [0.15, 0.2) is 0 Å². The Bertz CT molecular complexity index is 305. The summed E-state index contributed by atoms with van der Waals surface area (Å²) in [5.74, 6) is -0.229. The number of methoxy groups -OCH3 is 1. The Morgan fingerprint density at radius 1 is 0.826 bits per heavy atom. The van der Waals surface area contributed by atoms with Crippen LogP contribution in [0.1, 0.15) is 96.8 Å². The number of carbonyl (C=O) groups excluding carboxylic acids is 2. The van der Waals surface area contributed by atoms with E-state index in [1.807, 2.05) is 0 Å². The lowest BCUT2D eigenvalue weighted by Crippen LogP contribution is -2.31. The van der Waals surface area contributed by atoms with Gasteiger partial charge in [-0.05, 0) is 12.8 Å². The van der Waals surface area contributed by atoms with Gasteiger partial charge in [0.2, 0.25) is 0 Å². The van der Waals surface area contributed by atoms with E-state index in [1.165, 1.54) is 64.9 Å². The van der Waals surface area contributed by atoms with Gasteiger partial charge in [-0.1, -0.05) is 71.1 Å². The quantitative estimate of drug-likeness (QED) is 0.334. The molecule has 0 radical (unpaired) electrons. The van der Waals surface area contributed by atoms with Crippen LogP contribution in [-0.4, -0.2) is 24.9 Å². The van der Waals surface area contributed by atoms with E-state index >= 15 is 0 Å². The minimum absolute atomic E-state index is 0.0739. The van der Waals surface area contributed by atoms with Crippen LogP contribution in [0.25, 0.3) is 0 Å². The van der Waals surface area contributed by atoms with Crippen molar-refractivity contribution in [1.29, 1.82) is 0 Å². The van der Waals surface area contributed by atoms with Gasteiger partial charge in [0.05, 0.1) is 13.2 Å². The van der Waals surface area contributed by atoms with Crippen LogP contribution in [-0.2, 0) is 14.3 Å². The third-order valence-electron chi connectivity index (χ3n) is 4.33. The molecule has 0 aliphatic rings. The van der Waals surface area contributed by atoms with Gasteiger partial charge in [0.25, 0.3) is 0 Å². The van der Waals surface area contributed by atoms with E-state index in [1.54, 1.807) is 0 Å². The number of hydrogen-bond donors (Lipinski definition) is 1. The predicted octanol–water partition coefficient (Wildman–Crippen LogP) is 4.54. The van der Waals surface area contributed by atoms with Crippen molar-refractivity contribution in [2.45, 2.75) is 103 Å². The van der Waals surface area contributed by atoms with Crippen molar-refractivity contribution < 1.29 is 14.3 Å². The number of esters is 1. The van der Waals surface area contributed by atoms with Gasteiger partial charge >= 0.3 is 5.97 Å². The molecule has 0 saturated carbocycles. The molecule has 0 heterocycles. The molecule has 0 aliphatic heterocycles. The zero-order valence-corrected chi connectivity index (χ0v) is 15.3. The second-order valence-electron chi connectivity index (χ2n) is 6.47. The van der Waals surface area contributed by atoms with Gasteiger partial charge in [-0.2, -0.15) is 0 Å². The molecule has 0 aromatic rings. The fourth-order valence-corrected chi connectivity index (χ4v) is 2.69. The lowest BCUT2D eigenvalue weighted by molar-refractivity contribution is -0.140. The Morgan fingerprint density at radius 3 is 1.78 bits per heavy atom. The topological polar surface area (TPSA) is 69.4 Å². The average Bonchev–Trinajstić information content (AvgIpc) is 2.56. The van der Waals surface area contributed by atoms with Crippen LogP contribution in [0.5, 0.6) is 0 Å². The van der Waals surface area contributed by atoms with E-state index in [0.717, 1.165) is 12.8 Å². The summed E-state index contributed by atoms with van der Waals surface area (Å²) in [5, 5.41) is 0. The van der Waals surface area contributed by atoms with Gasteiger partial charge in [0, 0.05) is 12.8 Å². The number of ketones is 1. The third kappa shape index (κ3) is 14.4. The zero-order valence-electron chi connectivity index (χ0n) is 15.3. The van der Waals surface area contributed by atoms with Crippen molar-refractivity contribution in [3.8, 4) is 0 Å². The lowest BCUT2D eigenvalue weighted by Gasteiger charge is -2.09. The first-order valence-electron chi connectivity index (χ1n) is 9.47. The molecule has 4 nitrogen and oxygen atoms in total. The van der Waals surface area contributed by atoms with E-state index in [-0.39, 0.29) is 18.2 Å². The summed E-state index contributed by atoms with van der Waals surface area (Å²) >= 11 is 0. The molecule has 0 aromatic heterocycles.